The zero-order valence-electron chi connectivity index (χ0n) is 14.4. The van der Waals surface area contributed by atoms with Crippen molar-refractivity contribution >= 4 is 46.4 Å². The van der Waals surface area contributed by atoms with Gasteiger partial charge in [0, 0.05) is 41.3 Å². The van der Waals surface area contributed by atoms with Crippen molar-refractivity contribution in [3.63, 3.8) is 0 Å². The number of benzene rings is 2. The maximum atomic E-state index is 12.3. The predicted octanol–water partition coefficient (Wildman–Crippen LogP) is 4.99. The van der Waals surface area contributed by atoms with Gasteiger partial charge in [0.25, 0.3) is 0 Å². The fraction of sp³-hybridized carbons (Fsp3) is 0.263. The Morgan fingerprint density at radius 1 is 1.00 bits per heavy atom. The van der Waals surface area contributed by atoms with Crippen molar-refractivity contribution in [2.24, 2.45) is 0 Å². The molecule has 2 aromatic carbocycles. The van der Waals surface area contributed by atoms with Crippen LogP contribution in [0.3, 0.4) is 0 Å². The SMILES string of the molecule is CC(=O)N(CCC(=O)Nc1cccc(Cl)c1C)c1cccc(Cl)c1C. The van der Waals surface area contributed by atoms with Crippen LogP contribution in [0.15, 0.2) is 36.4 Å². The van der Waals surface area contributed by atoms with Crippen LogP contribution >= 0.6 is 23.2 Å². The highest BCUT2D eigenvalue weighted by atomic mass is 35.5. The molecule has 0 bridgehead atoms. The third-order valence-electron chi connectivity index (χ3n) is 4.01. The quantitative estimate of drug-likeness (QED) is 0.796. The van der Waals surface area contributed by atoms with E-state index in [2.05, 4.69) is 5.32 Å². The van der Waals surface area contributed by atoms with Gasteiger partial charge in [0.1, 0.15) is 0 Å². The summed E-state index contributed by atoms with van der Waals surface area (Å²) in [5, 5.41) is 4.02. The second-order valence-corrected chi connectivity index (χ2v) is 6.58. The van der Waals surface area contributed by atoms with Gasteiger partial charge in [0.2, 0.25) is 11.8 Å². The second kappa shape index (κ2) is 8.37. The molecule has 2 amide bonds. The Bertz CT molecular complexity index is 806. The van der Waals surface area contributed by atoms with Crippen LogP contribution in [0.2, 0.25) is 10.0 Å². The zero-order chi connectivity index (χ0) is 18.6. The maximum absolute atomic E-state index is 12.3. The lowest BCUT2D eigenvalue weighted by Gasteiger charge is -2.23. The number of nitrogens with one attached hydrogen (secondary N) is 1. The van der Waals surface area contributed by atoms with E-state index in [4.69, 9.17) is 23.2 Å². The first-order valence-corrected chi connectivity index (χ1v) is 8.65. The summed E-state index contributed by atoms with van der Waals surface area (Å²) < 4.78 is 0. The highest BCUT2D eigenvalue weighted by molar-refractivity contribution is 6.32. The molecule has 0 aliphatic heterocycles. The molecule has 0 fully saturated rings. The molecular formula is C19H20Cl2N2O2. The van der Waals surface area contributed by atoms with Gasteiger partial charge in [-0.15, -0.1) is 0 Å². The first-order valence-electron chi connectivity index (χ1n) is 7.89. The van der Waals surface area contributed by atoms with Crippen LogP contribution in [0.5, 0.6) is 0 Å². The van der Waals surface area contributed by atoms with Gasteiger partial charge >= 0.3 is 0 Å². The van der Waals surface area contributed by atoms with Crippen molar-refractivity contribution in [3.05, 3.63) is 57.6 Å². The number of anilines is 2. The monoisotopic (exact) mass is 378 g/mol. The van der Waals surface area contributed by atoms with E-state index >= 15 is 0 Å². The first-order chi connectivity index (χ1) is 11.8. The molecule has 0 heterocycles. The van der Waals surface area contributed by atoms with E-state index in [9.17, 15) is 9.59 Å². The van der Waals surface area contributed by atoms with Gasteiger partial charge in [0.15, 0.2) is 0 Å². The number of hydrogen-bond donors (Lipinski definition) is 1. The number of carbonyl (C=O) groups is 2. The molecule has 0 unspecified atom stereocenters. The Balaban J connectivity index is 2.09. The van der Waals surface area contributed by atoms with E-state index in [-0.39, 0.29) is 24.8 Å². The molecule has 0 aliphatic carbocycles. The molecule has 4 nitrogen and oxygen atoms in total. The van der Waals surface area contributed by atoms with Gasteiger partial charge < -0.3 is 10.2 Å². The average molecular weight is 379 g/mol. The van der Waals surface area contributed by atoms with Crippen LogP contribution in [-0.2, 0) is 9.59 Å². The summed E-state index contributed by atoms with van der Waals surface area (Å²) in [6, 6.07) is 10.7. The number of nitrogens with zero attached hydrogens (tertiary/aromatic N) is 1. The molecule has 25 heavy (non-hydrogen) atoms. The highest BCUT2D eigenvalue weighted by Crippen LogP contribution is 2.27. The van der Waals surface area contributed by atoms with Crippen LogP contribution in [0, 0.1) is 13.8 Å². The molecule has 1 N–H and O–H groups in total. The lowest BCUT2D eigenvalue weighted by molar-refractivity contribution is -0.117. The molecule has 2 rings (SSSR count). The summed E-state index contributed by atoms with van der Waals surface area (Å²) in [6.45, 7) is 5.43. The third-order valence-corrected chi connectivity index (χ3v) is 4.83. The molecule has 6 heteroatoms. The molecule has 132 valence electrons. The largest absolute Gasteiger partial charge is 0.326 e. The summed E-state index contributed by atoms with van der Waals surface area (Å²) in [5.74, 6) is -0.326. The molecule has 0 saturated heterocycles. The number of hydrogen-bond acceptors (Lipinski definition) is 2. The maximum Gasteiger partial charge on any atom is 0.226 e. The summed E-state index contributed by atoms with van der Waals surface area (Å²) in [7, 11) is 0. The first kappa shape index (κ1) is 19.3. The lowest BCUT2D eigenvalue weighted by Crippen LogP contribution is -2.32. The van der Waals surface area contributed by atoms with Gasteiger partial charge in [-0.25, -0.2) is 0 Å². The van der Waals surface area contributed by atoms with Gasteiger partial charge in [-0.3, -0.25) is 9.59 Å². The molecule has 0 radical (unpaired) electrons. The summed E-state index contributed by atoms with van der Waals surface area (Å²) >= 11 is 12.2. The second-order valence-electron chi connectivity index (χ2n) is 5.77. The van der Waals surface area contributed by atoms with Crippen LogP contribution in [0.1, 0.15) is 24.5 Å². The standard InChI is InChI=1S/C19H20Cl2N2O2/c1-12-15(20)6-4-8-17(12)22-19(25)10-11-23(14(3)24)18-9-5-7-16(21)13(18)2/h4-9H,10-11H2,1-3H3,(H,22,25). The van der Waals surface area contributed by atoms with Crippen molar-refractivity contribution in [1.29, 1.82) is 0 Å². The summed E-state index contributed by atoms with van der Waals surface area (Å²) in [6.07, 6.45) is 0.164. The minimum Gasteiger partial charge on any atom is -0.326 e. The summed E-state index contributed by atoms with van der Waals surface area (Å²) in [5.41, 5.74) is 3.01. The third kappa shape index (κ3) is 4.74. The number of rotatable bonds is 5. The molecule has 0 aliphatic rings. The van der Waals surface area contributed by atoms with Crippen molar-refractivity contribution in [3.8, 4) is 0 Å². The fourth-order valence-corrected chi connectivity index (χ4v) is 2.85. The predicted molar refractivity (Wildman–Crippen MR) is 104 cm³/mol. The van der Waals surface area contributed by atoms with Gasteiger partial charge in [-0.2, -0.15) is 0 Å². The van der Waals surface area contributed by atoms with Gasteiger partial charge in [0.05, 0.1) is 0 Å². The van der Waals surface area contributed by atoms with Crippen molar-refractivity contribution in [2.75, 3.05) is 16.8 Å². The number of amides is 2. The molecule has 0 aromatic heterocycles. The van der Waals surface area contributed by atoms with Gasteiger partial charge in [-0.05, 0) is 49.2 Å². The summed E-state index contributed by atoms with van der Waals surface area (Å²) in [4.78, 5) is 25.8. The van der Waals surface area contributed by atoms with Gasteiger partial charge in [-0.1, -0.05) is 35.3 Å². The number of halogens is 2. The van der Waals surface area contributed by atoms with Crippen LogP contribution in [0.4, 0.5) is 11.4 Å². The van der Waals surface area contributed by atoms with E-state index in [0.717, 1.165) is 11.1 Å². The fourth-order valence-electron chi connectivity index (χ4n) is 2.50. The Morgan fingerprint density at radius 2 is 1.60 bits per heavy atom. The number of carbonyl (C=O) groups excluding carboxylic acids is 2. The van der Waals surface area contributed by atoms with E-state index in [1.54, 1.807) is 35.2 Å². The van der Waals surface area contributed by atoms with Crippen LogP contribution < -0.4 is 10.2 Å². The topological polar surface area (TPSA) is 49.4 Å². The van der Waals surface area contributed by atoms with E-state index in [1.165, 1.54) is 6.92 Å². The minimum absolute atomic E-state index is 0.142. The van der Waals surface area contributed by atoms with E-state index in [1.807, 2.05) is 19.9 Å². The van der Waals surface area contributed by atoms with Crippen LogP contribution in [0.25, 0.3) is 0 Å². The van der Waals surface area contributed by atoms with E-state index in [0.29, 0.717) is 21.4 Å². The van der Waals surface area contributed by atoms with Crippen molar-refractivity contribution in [2.45, 2.75) is 27.2 Å². The molecular weight excluding hydrogens is 359 g/mol. The molecule has 0 saturated carbocycles. The Kier molecular flexibility index (Phi) is 6.45. The van der Waals surface area contributed by atoms with E-state index < -0.39 is 0 Å². The molecule has 0 atom stereocenters. The Labute approximate surface area is 157 Å². The smallest absolute Gasteiger partial charge is 0.226 e. The lowest BCUT2D eigenvalue weighted by atomic mass is 10.1. The highest BCUT2D eigenvalue weighted by Gasteiger charge is 2.17. The molecule has 2 aromatic rings. The van der Waals surface area contributed by atoms with Crippen molar-refractivity contribution in [1.82, 2.24) is 0 Å². The Hall–Kier alpha value is -2.04. The minimum atomic E-state index is -0.184. The normalized spacial score (nSPS) is 10.4. The Morgan fingerprint density at radius 3 is 2.24 bits per heavy atom. The van der Waals surface area contributed by atoms with Crippen molar-refractivity contribution < 1.29 is 9.59 Å². The molecule has 0 spiro atoms. The van der Waals surface area contributed by atoms with Crippen LogP contribution in [-0.4, -0.2) is 18.4 Å². The average Bonchev–Trinajstić information content (AvgIpc) is 2.55. The zero-order valence-corrected chi connectivity index (χ0v) is 15.9.